The van der Waals surface area contributed by atoms with Crippen LogP contribution in [0.2, 0.25) is 0 Å². The Kier molecular flexibility index (Phi) is 8.09. The van der Waals surface area contributed by atoms with Crippen LogP contribution in [0.4, 0.5) is 0 Å². The highest BCUT2D eigenvalue weighted by atomic mass is 16.5. The number of unbranched alkanes of at least 4 members (excludes halogenated alkanes) is 5. The smallest absolute Gasteiger partial charge is 0.345 e. The van der Waals surface area contributed by atoms with E-state index >= 15 is 0 Å². The van der Waals surface area contributed by atoms with Gasteiger partial charge in [-0.15, -0.1) is 0 Å². The number of ketones is 1. The highest BCUT2D eigenvalue weighted by Crippen LogP contribution is 2.23. The van der Waals surface area contributed by atoms with Crippen molar-refractivity contribution in [3.8, 4) is 0 Å². The number of rotatable bonds is 9. The van der Waals surface area contributed by atoms with Gasteiger partial charge in [-0.05, 0) is 12.8 Å². The summed E-state index contributed by atoms with van der Waals surface area (Å²) in [4.78, 5) is 23.8. The summed E-state index contributed by atoms with van der Waals surface area (Å²) in [6.45, 7) is 4.15. The average Bonchev–Trinajstić information content (AvgIpc) is 2.42. The SMILES string of the molecule is CCCCCCCCC(O)=C1C(=O)CC(CCC)OC1=O. The van der Waals surface area contributed by atoms with Crippen molar-refractivity contribution >= 4 is 11.8 Å². The zero-order valence-corrected chi connectivity index (χ0v) is 13.3. The number of carbonyl (C=O) groups excluding carboxylic acids is 2. The number of hydrogen-bond acceptors (Lipinski definition) is 4. The standard InChI is InChI=1S/C17H28O4/c1-3-5-6-7-8-9-11-14(18)16-15(19)12-13(10-4-2)21-17(16)20/h13,18H,3-12H2,1-2H3. The second-order valence-electron chi connectivity index (χ2n) is 5.78. The lowest BCUT2D eigenvalue weighted by atomic mass is 9.96. The Balaban J connectivity index is 2.45. The van der Waals surface area contributed by atoms with Crippen molar-refractivity contribution in [2.24, 2.45) is 0 Å². The molecule has 1 aliphatic heterocycles. The first kappa shape index (κ1) is 17.7. The lowest BCUT2D eigenvalue weighted by Crippen LogP contribution is -2.33. The molecule has 0 aliphatic carbocycles. The van der Waals surface area contributed by atoms with Crippen molar-refractivity contribution in [3.05, 3.63) is 11.3 Å². The van der Waals surface area contributed by atoms with Crippen LogP contribution in [0.3, 0.4) is 0 Å². The van der Waals surface area contributed by atoms with Gasteiger partial charge in [-0.1, -0.05) is 52.4 Å². The first-order valence-electron chi connectivity index (χ1n) is 8.26. The molecular weight excluding hydrogens is 268 g/mol. The largest absolute Gasteiger partial charge is 0.511 e. The van der Waals surface area contributed by atoms with E-state index in [4.69, 9.17) is 4.74 Å². The summed E-state index contributed by atoms with van der Waals surface area (Å²) in [5.74, 6) is -1.00. The fraction of sp³-hybridized carbons (Fsp3) is 0.765. The van der Waals surface area contributed by atoms with E-state index in [0.29, 0.717) is 12.8 Å². The van der Waals surface area contributed by atoms with E-state index in [9.17, 15) is 14.7 Å². The zero-order chi connectivity index (χ0) is 15.7. The van der Waals surface area contributed by atoms with E-state index < -0.39 is 5.97 Å². The molecule has 1 fully saturated rings. The van der Waals surface area contributed by atoms with Gasteiger partial charge in [0, 0.05) is 12.8 Å². The normalized spacial score (nSPS) is 21.3. The fourth-order valence-corrected chi connectivity index (χ4v) is 2.63. The van der Waals surface area contributed by atoms with E-state index in [1.165, 1.54) is 19.3 Å². The van der Waals surface area contributed by atoms with Crippen molar-refractivity contribution in [2.45, 2.75) is 84.2 Å². The average molecular weight is 296 g/mol. The second kappa shape index (κ2) is 9.59. The van der Waals surface area contributed by atoms with Crippen LogP contribution in [0.5, 0.6) is 0 Å². The lowest BCUT2D eigenvalue weighted by molar-refractivity contribution is -0.151. The molecule has 1 heterocycles. The fourth-order valence-electron chi connectivity index (χ4n) is 2.63. The first-order valence-corrected chi connectivity index (χ1v) is 8.26. The molecule has 0 spiro atoms. The minimum Gasteiger partial charge on any atom is -0.511 e. The topological polar surface area (TPSA) is 63.6 Å². The van der Waals surface area contributed by atoms with Crippen LogP contribution in [-0.2, 0) is 14.3 Å². The third-order valence-electron chi connectivity index (χ3n) is 3.84. The number of hydrogen-bond donors (Lipinski definition) is 1. The number of allylic oxidation sites excluding steroid dienone is 1. The van der Waals surface area contributed by atoms with E-state index in [1.807, 2.05) is 6.92 Å². The third-order valence-corrected chi connectivity index (χ3v) is 3.84. The van der Waals surface area contributed by atoms with Gasteiger partial charge < -0.3 is 9.84 Å². The van der Waals surface area contributed by atoms with Crippen molar-refractivity contribution in [1.29, 1.82) is 0 Å². The molecule has 1 saturated heterocycles. The summed E-state index contributed by atoms with van der Waals surface area (Å²) < 4.78 is 5.21. The number of ether oxygens (including phenoxy) is 1. The Morgan fingerprint density at radius 2 is 1.76 bits per heavy atom. The van der Waals surface area contributed by atoms with E-state index in [-0.39, 0.29) is 29.6 Å². The van der Waals surface area contributed by atoms with Crippen LogP contribution in [0.15, 0.2) is 11.3 Å². The molecule has 1 unspecified atom stereocenters. The number of Topliss-reactive ketones (excluding diaryl/α,β-unsaturated/α-hetero) is 1. The highest BCUT2D eigenvalue weighted by molar-refractivity contribution is 6.19. The van der Waals surface area contributed by atoms with Crippen LogP contribution >= 0.6 is 0 Å². The van der Waals surface area contributed by atoms with Gasteiger partial charge in [0.1, 0.15) is 17.4 Å². The number of aliphatic hydroxyl groups is 1. The van der Waals surface area contributed by atoms with Crippen molar-refractivity contribution < 1.29 is 19.4 Å². The maximum atomic E-state index is 12.0. The molecule has 0 aromatic rings. The van der Waals surface area contributed by atoms with Gasteiger partial charge in [0.2, 0.25) is 0 Å². The molecule has 120 valence electrons. The minimum absolute atomic E-state index is 0.0876. The van der Waals surface area contributed by atoms with Gasteiger partial charge in [-0.2, -0.15) is 0 Å². The Hall–Kier alpha value is -1.32. The molecule has 0 amide bonds. The lowest BCUT2D eigenvalue weighted by Gasteiger charge is -2.23. The summed E-state index contributed by atoms with van der Waals surface area (Å²) in [6.07, 6.45) is 8.43. The maximum Gasteiger partial charge on any atom is 0.345 e. The summed E-state index contributed by atoms with van der Waals surface area (Å²) in [6, 6.07) is 0. The zero-order valence-electron chi connectivity index (χ0n) is 13.3. The Bertz CT molecular complexity index is 364. The number of aliphatic hydroxyl groups excluding tert-OH is 1. The third kappa shape index (κ3) is 5.90. The number of esters is 1. The van der Waals surface area contributed by atoms with Gasteiger partial charge in [0.05, 0.1) is 0 Å². The van der Waals surface area contributed by atoms with Gasteiger partial charge in [-0.25, -0.2) is 4.79 Å². The molecular formula is C17H28O4. The van der Waals surface area contributed by atoms with Crippen molar-refractivity contribution in [3.63, 3.8) is 0 Å². The summed E-state index contributed by atoms with van der Waals surface area (Å²) >= 11 is 0. The maximum absolute atomic E-state index is 12.0. The van der Waals surface area contributed by atoms with Gasteiger partial charge in [-0.3, -0.25) is 4.79 Å². The molecule has 4 nitrogen and oxygen atoms in total. The molecule has 1 aliphatic rings. The van der Waals surface area contributed by atoms with E-state index in [0.717, 1.165) is 25.7 Å². The number of cyclic esters (lactones) is 1. The minimum atomic E-state index is -0.645. The second-order valence-corrected chi connectivity index (χ2v) is 5.78. The summed E-state index contributed by atoms with van der Waals surface area (Å²) in [5, 5.41) is 9.99. The van der Waals surface area contributed by atoms with E-state index in [1.54, 1.807) is 0 Å². The molecule has 0 aromatic carbocycles. The van der Waals surface area contributed by atoms with E-state index in [2.05, 4.69) is 6.92 Å². The Morgan fingerprint density at radius 1 is 1.10 bits per heavy atom. The number of carbonyl (C=O) groups is 2. The monoisotopic (exact) mass is 296 g/mol. The van der Waals surface area contributed by atoms with Crippen LogP contribution in [0.1, 0.15) is 78.1 Å². The van der Waals surface area contributed by atoms with Gasteiger partial charge in [0.25, 0.3) is 0 Å². The Morgan fingerprint density at radius 3 is 2.38 bits per heavy atom. The van der Waals surface area contributed by atoms with Crippen LogP contribution in [0.25, 0.3) is 0 Å². The molecule has 0 aromatic heterocycles. The molecule has 21 heavy (non-hydrogen) atoms. The predicted octanol–water partition coefficient (Wildman–Crippen LogP) is 4.23. The molecule has 1 N–H and O–H groups in total. The summed E-state index contributed by atoms with van der Waals surface area (Å²) in [7, 11) is 0. The first-order chi connectivity index (χ1) is 10.1. The molecule has 1 atom stereocenters. The molecule has 0 bridgehead atoms. The van der Waals surface area contributed by atoms with Crippen LogP contribution < -0.4 is 0 Å². The quantitative estimate of drug-likeness (QED) is 0.227. The summed E-state index contributed by atoms with van der Waals surface area (Å²) in [5.41, 5.74) is -0.115. The molecule has 4 heteroatoms. The molecule has 0 radical (unpaired) electrons. The van der Waals surface area contributed by atoms with Gasteiger partial charge in [0.15, 0.2) is 5.78 Å². The predicted molar refractivity (Wildman–Crippen MR) is 82.1 cm³/mol. The van der Waals surface area contributed by atoms with Crippen molar-refractivity contribution in [1.82, 2.24) is 0 Å². The molecule has 1 rings (SSSR count). The Labute approximate surface area is 127 Å². The highest BCUT2D eigenvalue weighted by Gasteiger charge is 2.34. The van der Waals surface area contributed by atoms with Crippen LogP contribution in [-0.4, -0.2) is 23.0 Å². The van der Waals surface area contributed by atoms with Crippen LogP contribution in [0, 0.1) is 0 Å². The van der Waals surface area contributed by atoms with Crippen molar-refractivity contribution in [2.75, 3.05) is 0 Å². The van der Waals surface area contributed by atoms with Gasteiger partial charge >= 0.3 is 5.97 Å². The molecule has 0 saturated carbocycles.